The summed E-state index contributed by atoms with van der Waals surface area (Å²) in [7, 11) is 0. The van der Waals surface area contributed by atoms with Crippen molar-refractivity contribution < 1.29 is 8.91 Å². The maximum Gasteiger partial charge on any atom is 0.152 e. The zero-order valence-corrected chi connectivity index (χ0v) is 7.97. The van der Waals surface area contributed by atoms with Crippen LogP contribution in [0, 0.1) is 12.7 Å². The molecule has 0 N–H and O–H groups in total. The monoisotopic (exact) mass is 181 g/mol. The van der Waals surface area contributed by atoms with Crippen LogP contribution in [0.1, 0.15) is 19.6 Å². The molecular weight excluding hydrogens is 169 g/mol. The SMILES string of the molecule is CC.Cc1onc2c(F)cccc12. The number of aryl methyl sites for hydroxylation is 1. The average Bonchev–Trinajstić information content (AvgIpc) is 2.53. The van der Waals surface area contributed by atoms with Gasteiger partial charge in [-0.05, 0) is 19.1 Å². The van der Waals surface area contributed by atoms with Crippen molar-refractivity contribution in [2.75, 3.05) is 0 Å². The van der Waals surface area contributed by atoms with Crippen LogP contribution in [-0.2, 0) is 0 Å². The van der Waals surface area contributed by atoms with E-state index in [1.807, 2.05) is 13.8 Å². The van der Waals surface area contributed by atoms with Crippen LogP contribution in [0.5, 0.6) is 0 Å². The van der Waals surface area contributed by atoms with Crippen molar-refractivity contribution in [3.8, 4) is 0 Å². The fourth-order valence-corrected chi connectivity index (χ4v) is 1.06. The highest BCUT2D eigenvalue weighted by Crippen LogP contribution is 2.19. The average molecular weight is 181 g/mol. The summed E-state index contributed by atoms with van der Waals surface area (Å²) < 4.78 is 17.7. The zero-order chi connectivity index (χ0) is 9.84. The van der Waals surface area contributed by atoms with Crippen LogP contribution in [0.4, 0.5) is 4.39 Å². The third-order valence-corrected chi connectivity index (χ3v) is 1.64. The normalized spacial score (nSPS) is 9.54. The molecule has 1 heterocycles. The van der Waals surface area contributed by atoms with Gasteiger partial charge in [-0.1, -0.05) is 25.1 Å². The summed E-state index contributed by atoms with van der Waals surface area (Å²) in [5.74, 6) is 0.318. The lowest BCUT2D eigenvalue weighted by Crippen LogP contribution is -1.75. The number of fused-ring (bicyclic) bond motifs is 1. The molecule has 0 radical (unpaired) electrons. The summed E-state index contributed by atoms with van der Waals surface area (Å²) in [6.45, 7) is 5.76. The maximum atomic E-state index is 12.9. The molecule has 0 saturated carbocycles. The van der Waals surface area contributed by atoms with Crippen molar-refractivity contribution in [1.82, 2.24) is 5.16 Å². The van der Waals surface area contributed by atoms with Crippen LogP contribution in [0.2, 0.25) is 0 Å². The number of hydrogen-bond donors (Lipinski definition) is 0. The minimum Gasteiger partial charge on any atom is -0.360 e. The molecule has 0 amide bonds. The zero-order valence-electron chi connectivity index (χ0n) is 7.97. The largest absolute Gasteiger partial charge is 0.360 e. The van der Waals surface area contributed by atoms with E-state index in [0.29, 0.717) is 11.3 Å². The summed E-state index contributed by atoms with van der Waals surface area (Å²) in [6, 6.07) is 4.79. The second-order valence-corrected chi connectivity index (χ2v) is 2.37. The smallest absolute Gasteiger partial charge is 0.152 e. The van der Waals surface area contributed by atoms with E-state index in [4.69, 9.17) is 4.52 Å². The molecule has 1 aromatic carbocycles. The molecule has 2 nitrogen and oxygen atoms in total. The van der Waals surface area contributed by atoms with Gasteiger partial charge in [0.15, 0.2) is 5.82 Å². The summed E-state index contributed by atoms with van der Waals surface area (Å²) in [5.41, 5.74) is 0.310. The van der Waals surface area contributed by atoms with Crippen LogP contribution < -0.4 is 0 Å². The van der Waals surface area contributed by atoms with Gasteiger partial charge in [0.05, 0.1) is 0 Å². The second-order valence-electron chi connectivity index (χ2n) is 2.37. The molecule has 2 rings (SSSR count). The Morgan fingerprint density at radius 1 is 1.31 bits per heavy atom. The van der Waals surface area contributed by atoms with Crippen molar-refractivity contribution in [3.05, 3.63) is 29.8 Å². The predicted octanol–water partition coefficient (Wildman–Crippen LogP) is 3.30. The van der Waals surface area contributed by atoms with Crippen LogP contribution in [0.25, 0.3) is 10.9 Å². The number of halogens is 1. The molecule has 2 aromatic rings. The third-order valence-electron chi connectivity index (χ3n) is 1.64. The van der Waals surface area contributed by atoms with Gasteiger partial charge in [0.25, 0.3) is 0 Å². The Hall–Kier alpha value is -1.38. The number of hydrogen-bond acceptors (Lipinski definition) is 2. The maximum absolute atomic E-state index is 12.9. The van der Waals surface area contributed by atoms with Gasteiger partial charge in [-0.3, -0.25) is 0 Å². The molecule has 0 aliphatic heterocycles. The van der Waals surface area contributed by atoms with E-state index in [9.17, 15) is 4.39 Å². The van der Waals surface area contributed by atoms with Crippen molar-refractivity contribution >= 4 is 10.9 Å². The molecule has 0 atom stereocenters. The highest BCUT2D eigenvalue weighted by atomic mass is 19.1. The van der Waals surface area contributed by atoms with E-state index in [1.54, 1.807) is 19.1 Å². The van der Waals surface area contributed by atoms with Crippen molar-refractivity contribution in [1.29, 1.82) is 0 Å². The molecule has 70 valence electrons. The highest BCUT2D eigenvalue weighted by Gasteiger charge is 2.06. The molecule has 0 aliphatic carbocycles. The molecule has 0 bridgehead atoms. The van der Waals surface area contributed by atoms with Gasteiger partial charge >= 0.3 is 0 Å². The molecule has 0 fully saturated rings. The molecule has 0 saturated heterocycles. The van der Waals surface area contributed by atoms with Crippen LogP contribution in [-0.4, -0.2) is 5.16 Å². The first-order chi connectivity index (χ1) is 6.29. The Labute approximate surface area is 76.3 Å². The van der Waals surface area contributed by atoms with Gasteiger partial charge in [0.2, 0.25) is 0 Å². The summed E-state index contributed by atoms with van der Waals surface area (Å²) >= 11 is 0. The van der Waals surface area contributed by atoms with E-state index >= 15 is 0 Å². The van der Waals surface area contributed by atoms with Crippen molar-refractivity contribution in [3.63, 3.8) is 0 Å². The van der Waals surface area contributed by atoms with Gasteiger partial charge in [0.1, 0.15) is 11.3 Å². The quantitative estimate of drug-likeness (QED) is 0.623. The van der Waals surface area contributed by atoms with Crippen LogP contribution in [0.3, 0.4) is 0 Å². The minimum absolute atomic E-state index is 0.310. The molecule has 0 spiro atoms. The van der Waals surface area contributed by atoms with E-state index in [0.717, 1.165) is 5.39 Å². The Bertz CT molecular complexity index is 395. The number of rotatable bonds is 0. The molecular formula is C10H12FNO. The topological polar surface area (TPSA) is 26.0 Å². The first-order valence-corrected chi connectivity index (χ1v) is 4.29. The molecule has 3 heteroatoms. The fraction of sp³-hybridized carbons (Fsp3) is 0.300. The number of nitrogens with zero attached hydrogens (tertiary/aromatic N) is 1. The minimum atomic E-state index is -0.334. The highest BCUT2D eigenvalue weighted by molar-refractivity contribution is 5.80. The van der Waals surface area contributed by atoms with Crippen molar-refractivity contribution in [2.24, 2.45) is 0 Å². The number of aromatic nitrogens is 1. The van der Waals surface area contributed by atoms with E-state index in [-0.39, 0.29) is 5.82 Å². The first kappa shape index (κ1) is 9.71. The summed E-state index contributed by atoms with van der Waals surface area (Å²) in [5, 5.41) is 4.31. The van der Waals surface area contributed by atoms with Gasteiger partial charge < -0.3 is 4.52 Å². The molecule has 0 unspecified atom stereocenters. The predicted molar refractivity (Wildman–Crippen MR) is 50.1 cm³/mol. The lowest BCUT2D eigenvalue weighted by molar-refractivity contribution is 0.403. The third kappa shape index (κ3) is 1.69. The lowest BCUT2D eigenvalue weighted by atomic mass is 10.2. The van der Waals surface area contributed by atoms with Crippen LogP contribution in [0.15, 0.2) is 22.7 Å². The summed E-state index contributed by atoms with van der Waals surface area (Å²) in [4.78, 5) is 0. The van der Waals surface area contributed by atoms with Gasteiger partial charge in [-0.2, -0.15) is 0 Å². The van der Waals surface area contributed by atoms with E-state index in [1.165, 1.54) is 6.07 Å². The van der Waals surface area contributed by atoms with E-state index in [2.05, 4.69) is 5.16 Å². The molecule has 1 aromatic heterocycles. The van der Waals surface area contributed by atoms with E-state index < -0.39 is 0 Å². The van der Waals surface area contributed by atoms with Gasteiger partial charge in [-0.15, -0.1) is 0 Å². The summed E-state index contributed by atoms with van der Waals surface area (Å²) in [6.07, 6.45) is 0. The lowest BCUT2D eigenvalue weighted by Gasteiger charge is -1.86. The Morgan fingerprint density at radius 3 is 2.62 bits per heavy atom. The fourth-order valence-electron chi connectivity index (χ4n) is 1.06. The Kier molecular flexibility index (Phi) is 3.01. The Morgan fingerprint density at radius 2 is 2.00 bits per heavy atom. The number of benzene rings is 1. The van der Waals surface area contributed by atoms with Gasteiger partial charge in [-0.25, -0.2) is 4.39 Å². The Balaban J connectivity index is 0.000000396. The second kappa shape index (κ2) is 4.03. The van der Waals surface area contributed by atoms with Gasteiger partial charge in [0, 0.05) is 5.39 Å². The first-order valence-electron chi connectivity index (χ1n) is 4.29. The molecule has 13 heavy (non-hydrogen) atoms. The van der Waals surface area contributed by atoms with Crippen molar-refractivity contribution in [2.45, 2.75) is 20.8 Å². The van der Waals surface area contributed by atoms with Crippen LogP contribution >= 0.6 is 0 Å². The molecule has 0 aliphatic rings. The standard InChI is InChI=1S/C8H6FNO.C2H6/c1-5-6-3-2-4-7(9)8(6)10-11-5;1-2/h2-4H,1H3;1-2H3.